The molecule has 2 aliphatic rings. The third-order valence-electron chi connectivity index (χ3n) is 9.20. The van der Waals surface area contributed by atoms with E-state index in [1.807, 2.05) is 18.2 Å². The van der Waals surface area contributed by atoms with Gasteiger partial charge >= 0.3 is 0 Å². The SMILES string of the molecule is CC(=O)c1cn(CC(=O)N2C[Si](C)(C)C[C@H]2C(=O)Nc2cccc(-c3ccc4c(c3Cl)CNC4=O)c2F)c2ccc(-c3cn[nH]c3)cc12. The smallest absolute Gasteiger partial charge is 0.251 e. The van der Waals surface area contributed by atoms with E-state index in [0.29, 0.717) is 34.5 Å². The van der Waals surface area contributed by atoms with Gasteiger partial charge in [-0.3, -0.25) is 24.3 Å². The fourth-order valence-electron chi connectivity index (χ4n) is 6.83. The highest BCUT2D eigenvalue weighted by Gasteiger charge is 2.45. The molecule has 0 spiro atoms. The van der Waals surface area contributed by atoms with E-state index in [4.69, 9.17) is 11.6 Å². The van der Waals surface area contributed by atoms with Crippen LogP contribution in [0.15, 0.2) is 67.1 Å². The fraction of sp³-hybridized carbons (Fsp3) is 0.229. The summed E-state index contributed by atoms with van der Waals surface area (Å²) in [6, 6.07) is 13.3. The van der Waals surface area contributed by atoms with Crippen molar-refractivity contribution in [2.45, 2.75) is 45.2 Å². The van der Waals surface area contributed by atoms with Crippen molar-refractivity contribution in [3.05, 3.63) is 94.7 Å². The molecule has 5 aromatic rings. The van der Waals surface area contributed by atoms with Crippen LogP contribution < -0.4 is 10.6 Å². The lowest BCUT2D eigenvalue weighted by Crippen LogP contribution is -2.44. The number of nitrogens with one attached hydrogen (secondary N) is 3. The normalized spacial score (nSPS) is 16.6. The maximum Gasteiger partial charge on any atom is 0.251 e. The van der Waals surface area contributed by atoms with E-state index in [1.54, 1.807) is 52.3 Å². The molecule has 10 nitrogen and oxygen atoms in total. The largest absolute Gasteiger partial charge is 0.348 e. The number of hydrogen-bond acceptors (Lipinski definition) is 5. The van der Waals surface area contributed by atoms with Crippen molar-refractivity contribution in [3.8, 4) is 22.3 Å². The Balaban J connectivity index is 1.15. The number of nitrogens with zero attached hydrogens (tertiary/aromatic N) is 3. The number of H-pyrrole nitrogens is 1. The third kappa shape index (κ3) is 5.50. The number of Topliss-reactive ketones (excluding diaryl/α,β-unsaturated/α-hetero) is 1. The zero-order chi connectivity index (χ0) is 33.9. The molecule has 2 aromatic heterocycles. The number of fused-ring (bicyclic) bond motifs is 2. The Morgan fingerprint density at radius 3 is 2.62 bits per heavy atom. The first-order valence-electron chi connectivity index (χ1n) is 15.5. The van der Waals surface area contributed by atoms with E-state index in [-0.39, 0.29) is 47.0 Å². The predicted molar refractivity (Wildman–Crippen MR) is 184 cm³/mol. The number of rotatable bonds is 7. The van der Waals surface area contributed by atoms with Gasteiger partial charge in [-0.05, 0) is 42.8 Å². The van der Waals surface area contributed by atoms with Crippen LogP contribution in [0.4, 0.5) is 10.1 Å². The number of aromatic amines is 1. The Labute approximate surface area is 281 Å². The van der Waals surface area contributed by atoms with Crippen molar-refractivity contribution in [1.29, 1.82) is 0 Å². The van der Waals surface area contributed by atoms with Crippen molar-refractivity contribution >= 4 is 59.8 Å². The molecular formula is C35H32ClFN6O4Si. The molecule has 1 saturated heterocycles. The summed E-state index contributed by atoms with van der Waals surface area (Å²) in [4.78, 5) is 54.0. The van der Waals surface area contributed by atoms with Crippen LogP contribution in [0.25, 0.3) is 33.2 Å². The van der Waals surface area contributed by atoms with E-state index in [2.05, 4.69) is 33.9 Å². The number of aromatic nitrogens is 3. The molecule has 2 aliphatic heterocycles. The molecule has 0 saturated carbocycles. The second kappa shape index (κ2) is 11.9. The van der Waals surface area contributed by atoms with Crippen LogP contribution >= 0.6 is 11.6 Å². The lowest BCUT2D eigenvalue weighted by atomic mass is 9.99. The Bertz CT molecular complexity index is 2160. The van der Waals surface area contributed by atoms with Crippen LogP contribution in [0.1, 0.15) is 33.2 Å². The summed E-state index contributed by atoms with van der Waals surface area (Å²) < 4.78 is 17.7. The van der Waals surface area contributed by atoms with Gasteiger partial charge in [0, 0.05) is 69.4 Å². The fourth-order valence-corrected chi connectivity index (χ4v) is 10.1. The number of amides is 3. The standard InChI is InChI=1S/C35H32ClFN6O4Si/c1-19(44)27-15-42(29-10-7-20(11-25(27)29)21-12-39-40-13-21)16-31(45)43-18-48(2,3)17-30(43)35(47)41-28-6-4-5-23(33(28)37)22-8-9-24-26(32(22)36)14-38-34(24)46/h4-13,15,30H,14,16-18H2,1-3H3,(H,38,46)(H,39,40)(H,41,47)/t30-/m0/s1. The average molecular weight is 683 g/mol. The Morgan fingerprint density at radius 2 is 1.88 bits per heavy atom. The van der Waals surface area contributed by atoms with Gasteiger partial charge in [0.05, 0.1) is 25.0 Å². The summed E-state index contributed by atoms with van der Waals surface area (Å²) >= 11 is 6.62. The van der Waals surface area contributed by atoms with Crippen molar-refractivity contribution in [3.63, 3.8) is 0 Å². The van der Waals surface area contributed by atoms with Crippen LogP contribution in [-0.4, -0.2) is 63.5 Å². The number of hydrogen-bond donors (Lipinski definition) is 3. The van der Waals surface area contributed by atoms with Crippen LogP contribution in [0, 0.1) is 5.82 Å². The molecule has 0 unspecified atom stereocenters. The minimum absolute atomic E-state index is 0.0297. The van der Waals surface area contributed by atoms with Gasteiger partial charge in [-0.25, -0.2) is 4.39 Å². The van der Waals surface area contributed by atoms with E-state index in [0.717, 1.165) is 22.0 Å². The van der Waals surface area contributed by atoms with Gasteiger partial charge in [0.25, 0.3) is 5.91 Å². The molecule has 4 heterocycles. The number of anilines is 1. The van der Waals surface area contributed by atoms with E-state index < -0.39 is 25.8 Å². The number of carbonyl (C=O) groups is 4. The van der Waals surface area contributed by atoms with Gasteiger partial charge in [0.15, 0.2) is 11.6 Å². The quantitative estimate of drug-likeness (QED) is 0.143. The van der Waals surface area contributed by atoms with E-state index in [1.165, 1.54) is 13.0 Å². The highest BCUT2D eigenvalue weighted by atomic mass is 35.5. The summed E-state index contributed by atoms with van der Waals surface area (Å²) in [7, 11) is -2.00. The monoisotopic (exact) mass is 682 g/mol. The average Bonchev–Trinajstić information content (AvgIpc) is 3.85. The van der Waals surface area contributed by atoms with E-state index in [9.17, 15) is 19.2 Å². The molecule has 0 bridgehead atoms. The number of halogens is 2. The molecular weight excluding hydrogens is 651 g/mol. The zero-order valence-electron chi connectivity index (χ0n) is 26.5. The molecule has 0 aliphatic carbocycles. The molecule has 48 heavy (non-hydrogen) atoms. The highest BCUT2D eigenvalue weighted by Crippen LogP contribution is 2.38. The van der Waals surface area contributed by atoms with Crippen molar-refractivity contribution in [1.82, 2.24) is 25.0 Å². The lowest BCUT2D eigenvalue weighted by molar-refractivity contribution is -0.136. The summed E-state index contributed by atoms with van der Waals surface area (Å²) in [5, 5.41) is 13.3. The topological polar surface area (TPSA) is 129 Å². The van der Waals surface area contributed by atoms with Crippen molar-refractivity contribution in [2.75, 3.05) is 11.5 Å². The minimum atomic E-state index is -2.00. The first kappa shape index (κ1) is 31.5. The molecule has 13 heteroatoms. The van der Waals surface area contributed by atoms with Gasteiger partial charge in [-0.1, -0.05) is 49.0 Å². The lowest BCUT2D eigenvalue weighted by Gasteiger charge is -2.25. The molecule has 1 fully saturated rings. The second-order valence-electron chi connectivity index (χ2n) is 13.1. The summed E-state index contributed by atoms with van der Waals surface area (Å²) in [6.45, 7) is 5.92. The highest BCUT2D eigenvalue weighted by molar-refractivity contribution is 6.79. The first-order chi connectivity index (χ1) is 22.9. The molecule has 0 radical (unpaired) electrons. The third-order valence-corrected chi connectivity index (χ3v) is 12.3. The Hall–Kier alpha value is -5.07. The van der Waals surface area contributed by atoms with E-state index >= 15 is 4.39 Å². The predicted octanol–water partition coefficient (Wildman–Crippen LogP) is 6.03. The van der Waals surface area contributed by atoms with Crippen molar-refractivity contribution in [2.24, 2.45) is 0 Å². The minimum Gasteiger partial charge on any atom is -0.348 e. The van der Waals surface area contributed by atoms with Gasteiger partial charge < -0.3 is 20.1 Å². The molecule has 3 amide bonds. The number of ketones is 1. The Kier molecular flexibility index (Phi) is 7.79. The Morgan fingerprint density at radius 1 is 1.08 bits per heavy atom. The van der Waals surface area contributed by atoms with Gasteiger partial charge in [0.2, 0.25) is 11.8 Å². The van der Waals surface area contributed by atoms with Crippen LogP contribution in [0.3, 0.4) is 0 Å². The van der Waals surface area contributed by atoms with Gasteiger partial charge in [0.1, 0.15) is 12.6 Å². The van der Waals surface area contributed by atoms with Crippen LogP contribution in [0.5, 0.6) is 0 Å². The van der Waals surface area contributed by atoms with Crippen molar-refractivity contribution < 1.29 is 23.6 Å². The van der Waals surface area contributed by atoms with Crippen LogP contribution in [-0.2, 0) is 22.7 Å². The number of carbonyl (C=O) groups excluding carboxylic acids is 4. The second-order valence-corrected chi connectivity index (χ2v) is 18.6. The molecule has 244 valence electrons. The molecule has 1 atom stereocenters. The molecule has 7 rings (SSSR count). The summed E-state index contributed by atoms with van der Waals surface area (Å²) in [5.41, 5.74) is 4.60. The zero-order valence-corrected chi connectivity index (χ0v) is 28.2. The first-order valence-corrected chi connectivity index (χ1v) is 19.3. The van der Waals surface area contributed by atoms with Gasteiger partial charge in [-0.15, -0.1) is 0 Å². The summed E-state index contributed by atoms with van der Waals surface area (Å²) in [6.07, 6.45) is 5.62. The maximum atomic E-state index is 16.0. The molecule has 3 N–H and O–H groups in total. The maximum absolute atomic E-state index is 16.0. The van der Waals surface area contributed by atoms with Crippen LogP contribution in [0.2, 0.25) is 24.2 Å². The number of benzene rings is 3. The summed E-state index contributed by atoms with van der Waals surface area (Å²) in [5.74, 6) is -1.76. The molecule has 3 aromatic carbocycles. The van der Waals surface area contributed by atoms with Gasteiger partial charge in [-0.2, -0.15) is 5.10 Å².